The van der Waals surface area contributed by atoms with Gasteiger partial charge in [-0.25, -0.2) is 9.78 Å². The molecule has 1 aliphatic heterocycles. The van der Waals surface area contributed by atoms with Crippen LogP contribution < -0.4 is 10.1 Å². The molecule has 0 saturated carbocycles. The van der Waals surface area contributed by atoms with Gasteiger partial charge in [-0.3, -0.25) is 19.2 Å². The molecule has 0 spiro atoms. The number of aromatic nitrogens is 1. The highest BCUT2D eigenvalue weighted by atomic mass is 16.6. The molecule has 0 unspecified atom stereocenters. The lowest BCUT2D eigenvalue weighted by Crippen LogP contribution is -2.46. The minimum atomic E-state index is -1.47. The number of ether oxygens (including phenoxy) is 5. The summed E-state index contributed by atoms with van der Waals surface area (Å²) in [5, 5.41) is 12.5. The van der Waals surface area contributed by atoms with Crippen molar-refractivity contribution in [2.24, 2.45) is 11.8 Å². The molecule has 2 N–H and O–H groups in total. The van der Waals surface area contributed by atoms with Gasteiger partial charge in [0.1, 0.15) is 18.6 Å². The fourth-order valence-corrected chi connectivity index (χ4v) is 3.20. The van der Waals surface area contributed by atoms with Gasteiger partial charge in [-0.05, 0) is 13.3 Å². The predicted molar refractivity (Wildman–Crippen MR) is 115 cm³/mol. The Morgan fingerprint density at radius 1 is 1.31 bits per heavy atom. The topological polar surface area (TPSA) is 177 Å². The van der Waals surface area contributed by atoms with E-state index in [9.17, 15) is 29.1 Å². The van der Waals surface area contributed by atoms with Crippen molar-refractivity contribution in [3.8, 4) is 11.5 Å². The minimum absolute atomic E-state index is 0.0163. The number of amides is 1. The van der Waals surface area contributed by atoms with Gasteiger partial charge in [0.15, 0.2) is 29.3 Å². The second kappa shape index (κ2) is 12.5. The van der Waals surface area contributed by atoms with Gasteiger partial charge in [0.05, 0.1) is 19.6 Å². The van der Waals surface area contributed by atoms with Crippen LogP contribution in [0.1, 0.15) is 37.7 Å². The van der Waals surface area contributed by atoms with E-state index in [0.29, 0.717) is 0 Å². The SMILES string of the molecule is COc1ccnc(C(=O)N[C@H]2COC(=O)[C@H](CCOC=O)[C@@H](OC(=O)C(C)C)[C@H](C)OC2=O)c1O. The second-order valence-corrected chi connectivity index (χ2v) is 7.93. The number of aromatic hydroxyl groups is 1. The van der Waals surface area contributed by atoms with Crippen molar-refractivity contribution in [3.63, 3.8) is 0 Å². The van der Waals surface area contributed by atoms with Crippen LogP contribution in [0.15, 0.2) is 12.3 Å². The summed E-state index contributed by atoms with van der Waals surface area (Å²) in [5.41, 5.74) is -0.427. The van der Waals surface area contributed by atoms with Crippen molar-refractivity contribution in [1.29, 1.82) is 0 Å². The smallest absolute Gasteiger partial charge is 0.332 e. The summed E-state index contributed by atoms with van der Waals surface area (Å²) >= 11 is 0. The van der Waals surface area contributed by atoms with E-state index in [0.717, 1.165) is 0 Å². The third kappa shape index (κ3) is 7.04. The summed E-state index contributed by atoms with van der Waals surface area (Å²) in [4.78, 5) is 64.9. The van der Waals surface area contributed by atoms with Crippen LogP contribution in [0.3, 0.4) is 0 Å². The molecule has 192 valence electrons. The number of rotatable bonds is 9. The molecule has 2 heterocycles. The number of carbonyl (C=O) groups excluding carboxylic acids is 5. The normalized spacial score (nSPS) is 22.5. The van der Waals surface area contributed by atoms with E-state index in [2.05, 4.69) is 15.0 Å². The van der Waals surface area contributed by atoms with E-state index in [4.69, 9.17) is 18.9 Å². The number of carbonyl (C=O) groups is 5. The van der Waals surface area contributed by atoms with Gasteiger partial charge in [0, 0.05) is 12.3 Å². The molecular weight excluding hydrogens is 468 g/mol. The molecule has 13 heteroatoms. The fourth-order valence-electron chi connectivity index (χ4n) is 3.20. The van der Waals surface area contributed by atoms with Gasteiger partial charge in [0.25, 0.3) is 12.4 Å². The first-order valence-electron chi connectivity index (χ1n) is 10.8. The van der Waals surface area contributed by atoms with Crippen LogP contribution in [0, 0.1) is 11.8 Å². The highest BCUT2D eigenvalue weighted by Gasteiger charge is 2.42. The highest BCUT2D eigenvalue weighted by Crippen LogP contribution is 2.28. The monoisotopic (exact) mass is 496 g/mol. The van der Waals surface area contributed by atoms with E-state index >= 15 is 0 Å². The summed E-state index contributed by atoms with van der Waals surface area (Å²) in [5.74, 6) is -5.66. The summed E-state index contributed by atoms with van der Waals surface area (Å²) < 4.78 is 25.7. The third-order valence-corrected chi connectivity index (χ3v) is 5.11. The molecule has 35 heavy (non-hydrogen) atoms. The van der Waals surface area contributed by atoms with Crippen LogP contribution in [0.2, 0.25) is 0 Å². The van der Waals surface area contributed by atoms with Crippen molar-refractivity contribution >= 4 is 30.3 Å². The van der Waals surface area contributed by atoms with E-state index in [1.165, 1.54) is 26.3 Å². The second-order valence-electron chi connectivity index (χ2n) is 7.93. The molecule has 0 aromatic carbocycles. The Bertz CT molecular complexity index is 949. The number of nitrogens with one attached hydrogen (secondary N) is 1. The Labute approximate surface area is 201 Å². The number of methoxy groups -OCH3 is 1. The molecule has 1 aromatic rings. The molecule has 13 nitrogen and oxygen atoms in total. The zero-order valence-electron chi connectivity index (χ0n) is 19.7. The summed E-state index contributed by atoms with van der Waals surface area (Å²) in [7, 11) is 1.28. The third-order valence-electron chi connectivity index (χ3n) is 5.11. The molecular formula is C22H28N2O11. The average Bonchev–Trinajstić information content (AvgIpc) is 2.85. The van der Waals surface area contributed by atoms with Gasteiger partial charge >= 0.3 is 17.9 Å². The van der Waals surface area contributed by atoms with Gasteiger partial charge in [0.2, 0.25) is 0 Å². The van der Waals surface area contributed by atoms with Gasteiger partial charge in [-0.15, -0.1) is 0 Å². The molecule has 2 rings (SSSR count). The first-order chi connectivity index (χ1) is 16.6. The average molecular weight is 496 g/mol. The first kappa shape index (κ1) is 27.3. The number of esters is 3. The van der Waals surface area contributed by atoms with Crippen LogP contribution >= 0.6 is 0 Å². The Balaban J connectivity index is 2.28. The van der Waals surface area contributed by atoms with Crippen molar-refractivity contribution in [2.75, 3.05) is 20.3 Å². The Hall–Kier alpha value is -3.90. The summed E-state index contributed by atoms with van der Waals surface area (Å²) in [6, 6.07) is -0.135. The van der Waals surface area contributed by atoms with Crippen LogP contribution in [0.5, 0.6) is 11.5 Å². The molecule has 1 aliphatic rings. The molecule has 1 fully saturated rings. The lowest BCUT2D eigenvalue weighted by molar-refractivity contribution is -0.177. The molecule has 4 atom stereocenters. The van der Waals surface area contributed by atoms with Crippen molar-refractivity contribution in [3.05, 3.63) is 18.0 Å². The van der Waals surface area contributed by atoms with Gasteiger partial charge in [-0.1, -0.05) is 13.8 Å². The lowest BCUT2D eigenvalue weighted by Gasteiger charge is -2.29. The predicted octanol–water partition coefficient (Wildman–Crippen LogP) is 0.130. The molecule has 1 aromatic heterocycles. The molecule has 1 amide bonds. The Morgan fingerprint density at radius 2 is 2.03 bits per heavy atom. The zero-order chi connectivity index (χ0) is 26.1. The quantitative estimate of drug-likeness (QED) is 0.205. The maximum atomic E-state index is 12.9. The number of pyridine rings is 1. The van der Waals surface area contributed by atoms with Crippen molar-refractivity contribution in [2.45, 2.75) is 45.4 Å². The van der Waals surface area contributed by atoms with Crippen molar-refractivity contribution < 1.29 is 52.8 Å². The minimum Gasteiger partial charge on any atom is -0.503 e. The van der Waals surface area contributed by atoms with E-state index in [-0.39, 0.29) is 25.2 Å². The molecule has 0 radical (unpaired) electrons. The van der Waals surface area contributed by atoms with Gasteiger partial charge < -0.3 is 34.1 Å². The van der Waals surface area contributed by atoms with Gasteiger partial charge in [-0.2, -0.15) is 0 Å². The molecule has 0 aliphatic carbocycles. The number of cyclic esters (lactones) is 2. The molecule has 1 saturated heterocycles. The lowest BCUT2D eigenvalue weighted by atomic mass is 9.95. The fraction of sp³-hybridized carbons (Fsp3) is 0.545. The van der Waals surface area contributed by atoms with E-state index < -0.39 is 72.0 Å². The largest absolute Gasteiger partial charge is 0.503 e. The summed E-state index contributed by atoms with van der Waals surface area (Å²) in [6.45, 7) is 4.00. The highest BCUT2D eigenvalue weighted by molar-refractivity contribution is 5.98. The standard InChI is InChI=1S/C22H28N2O11/c1-11(2)20(28)35-18-12(3)34-22(30)14(9-33-21(29)13(18)6-8-32-10-25)24-19(27)16-17(26)15(31-4)5-7-23-16/h5,7,10-14,18,26H,6,8-9H2,1-4H3,(H,24,27)/t12-,13+,14-,18-/m0/s1. The maximum Gasteiger partial charge on any atom is 0.332 e. The van der Waals surface area contributed by atoms with Crippen LogP contribution in [-0.2, 0) is 38.1 Å². The number of hydrogen-bond donors (Lipinski definition) is 2. The van der Waals surface area contributed by atoms with E-state index in [1.807, 2.05) is 0 Å². The Kier molecular flexibility index (Phi) is 9.79. The van der Waals surface area contributed by atoms with Crippen LogP contribution in [0.4, 0.5) is 0 Å². The zero-order valence-corrected chi connectivity index (χ0v) is 19.7. The first-order valence-corrected chi connectivity index (χ1v) is 10.8. The van der Waals surface area contributed by atoms with Crippen LogP contribution in [0.25, 0.3) is 0 Å². The van der Waals surface area contributed by atoms with E-state index in [1.54, 1.807) is 13.8 Å². The Morgan fingerprint density at radius 3 is 2.66 bits per heavy atom. The van der Waals surface area contributed by atoms with Crippen LogP contribution in [-0.4, -0.2) is 79.0 Å². The maximum absolute atomic E-state index is 12.9. The molecule has 0 bridgehead atoms. The summed E-state index contributed by atoms with van der Waals surface area (Å²) in [6.07, 6.45) is -1.22. The van der Waals surface area contributed by atoms with Crippen molar-refractivity contribution in [1.82, 2.24) is 10.3 Å². The number of hydrogen-bond acceptors (Lipinski definition) is 12. The number of nitrogens with zero attached hydrogens (tertiary/aromatic N) is 1.